The summed E-state index contributed by atoms with van der Waals surface area (Å²) in [5.74, 6) is -1.16. The summed E-state index contributed by atoms with van der Waals surface area (Å²) in [6.07, 6.45) is -3.29. The van der Waals surface area contributed by atoms with E-state index in [0.29, 0.717) is 12.8 Å². The number of imide groups is 1. The molecule has 1 aliphatic heterocycles. The van der Waals surface area contributed by atoms with Gasteiger partial charge in [0.2, 0.25) is 0 Å². The summed E-state index contributed by atoms with van der Waals surface area (Å²) in [4.78, 5) is 26.6. The van der Waals surface area contributed by atoms with Crippen molar-refractivity contribution in [2.45, 2.75) is 43.9 Å². The second kappa shape index (κ2) is 9.54. The first-order valence-corrected chi connectivity index (χ1v) is 13.1. The van der Waals surface area contributed by atoms with Crippen LogP contribution in [0.4, 0.5) is 18.9 Å². The molecule has 2 amide bonds. The molecule has 0 radical (unpaired) electrons. The van der Waals surface area contributed by atoms with Crippen molar-refractivity contribution in [3.05, 3.63) is 100 Å². The zero-order chi connectivity index (χ0) is 26.3. The lowest BCUT2D eigenvalue weighted by Gasteiger charge is -2.15. The van der Waals surface area contributed by atoms with E-state index in [1.54, 1.807) is 44.2 Å². The average Bonchev–Trinajstić information content (AvgIpc) is 3.07. The number of benzene rings is 3. The van der Waals surface area contributed by atoms with Crippen molar-refractivity contribution in [2.24, 2.45) is 0 Å². The Bertz CT molecular complexity index is 1410. The van der Waals surface area contributed by atoms with Crippen LogP contribution in [0.25, 0.3) is 0 Å². The van der Waals surface area contributed by atoms with Crippen LogP contribution in [0.3, 0.4) is 0 Å². The van der Waals surface area contributed by atoms with Gasteiger partial charge >= 0.3 is 6.18 Å². The Hall–Kier alpha value is -3.46. The number of carbonyl (C=O) groups excluding carboxylic acids is 2. The zero-order valence-corrected chi connectivity index (χ0v) is 20.5. The lowest BCUT2D eigenvalue weighted by atomic mass is 10.00. The summed E-state index contributed by atoms with van der Waals surface area (Å²) in [7, 11) is -3.18. The number of hydrogen-bond acceptors (Lipinski definition) is 4. The Kier molecular flexibility index (Phi) is 6.79. The summed E-state index contributed by atoms with van der Waals surface area (Å²) in [6, 6.07) is 16.2. The number of rotatable bonds is 7. The van der Waals surface area contributed by atoms with Gasteiger partial charge in [-0.15, -0.1) is 0 Å². The Morgan fingerprint density at radius 1 is 0.750 bits per heavy atom. The maximum Gasteiger partial charge on any atom is 0.416 e. The molecule has 1 aliphatic rings. The van der Waals surface area contributed by atoms with Gasteiger partial charge in [0.25, 0.3) is 11.8 Å². The van der Waals surface area contributed by atoms with Crippen LogP contribution in [-0.2, 0) is 34.6 Å². The van der Waals surface area contributed by atoms with Crippen LogP contribution in [0.1, 0.15) is 56.8 Å². The van der Waals surface area contributed by atoms with Gasteiger partial charge in [0.05, 0.1) is 33.4 Å². The van der Waals surface area contributed by atoms with Crippen LogP contribution in [-0.4, -0.2) is 25.5 Å². The predicted octanol–water partition coefficient (Wildman–Crippen LogP) is 5.61. The van der Waals surface area contributed by atoms with Crippen molar-refractivity contribution >= 4 is 27.3 Å². The number of aryl methyl sites for hydroxylation is 2. The molecule has 5 nitrogen and oxygen atoms in total. The molecule has 0 N–H and O–H groups in total. The minimum atomic E-state index is -4.51. The largest absolute Gasteiger partial charge is 0.416 e. The molecule has 0 atom stereocenters. The second-order valence-corrected chi connectivity index (χ2v) is 11.6. The van der Waals surface area contributed by atoms with Gasteiger partial charge in [-0.25, -0.2) is 13.3 Å². The van der Waals surface area contributed by atoms with E-state index < -0.39 is 38.6 Å². The number of sulfone groups is 1. The SMILES string of the molecule is CC(C)S(=O)(=O)Cc1ccc(CCc2ccc3c(c2)C(=O)N(c2ccc(C(F)(F)F)cc2)C3=O)cc1. The van der Waals surface area contributed by atoms with Crippen molar-refractivity contribution in [1.29, 1.82) is 0 Å². The molecule has 0 bridgehead atoms. The second-order valence-electron chi connectivity index (χ2n) is 9.04. The van der Waals surface area contributed by atoms with Crippen LogP contribution in [0, 0.1) is 0 Å². The van der Waals surface area contributed by atoms with Crippen LogP contribution in [0.15, 0.2) is 66.7 Å². The van der Waals surface area contributed by atoms with Crippen molar-refractivity contribution in [3.63, 3.8) is 0 Å². The van der Waals surface area contributed by atoms with E-state index in [4.69, 9.17) is 0 Å². The molecule has 0 saturated heterocycles. The molecule has 0 aliphatic carbocycles. The van der Waals surface area contributed by atoms with Gasteiger partial charge < -0.3 is 0 Å². The molecule has 3 aromatic carbocycles. The number of carbonyl (C=O) groups is 2. The highest BCUT2D eigenvalue weighted by molar-refractivity contribution is 7.91. The lowest BCUT2D eigenvalue weighted by Crippen LogP contribution is -2.29. The third kappa shape index (κ3) is 5.21. The van der Waals surface area contributed by atoms with Crippen molar-refractivity contribution in [1.82, 2.24) is 0 Å². The van der Waals surface area contributed by atoms with Crippen molar-refractivity contribution in [3.8, 4) is 0 Å². The van der Waals surface area contributed by atoms with Gasteiger partial charge in [-0.3, -0.25) is 9.59 Å². The minimum Gasteiger partial charge on any atom is -0.268 e. The van der Waals surface area contributed by atoms with Crippen molar-refractivity contribution in [2.75, 3.05) is 4.90 Å². The molecule has 0 fully saturated rings. The van der Waals surface area contributed by atoms with E-state index in [2.05, 4.69) is 0 Å². The number of fused-ring (bicyclic) bond motifs is 1. The molecule has 4 rings (SSSR count). The minimum absolute atomic E-state index is 0.0126. The van der Waals surface area contributed by atoms with Gasteiger partial charge in [-0.1, -0.05) is 30.3 Å². The molecule has 9 heteroatoms. The van der Waals surface area contributed by atoms with E-state index in [1.165, 1.54) is 0 Å². The van der Waals surface area contributed by atoms with E-state index in [0.717, 1.165) is 45.9 Å². The Labute approximate surface area is 207 Å². The number of nitrogens with zero attached hydrogens (tertiary/aromatic N) is 1. The summed E-state index contributed by atoms with van der Waals surface area (Å²) < 4.78 is 62.8. The summed E-state index contributed by atoms with van der Waals surface area (Å²) in [6.45, 7) is 3.31. The number of halogens is 3. The smallest absolute Gasteiger partial charge is 0.268 e. The van der Waals surface area contributed by atoms with Crippen LogP contribution < -0.4 is 4.90 Å². The molecule has 188 valence electrons. The van der Waals surface area contributed by atoms with Crippen LogP contribution in [0.5, 0.6) is 0 Å². The zero-order valence-electron chi connectivity index (χ0n) is 19.7. The Morgan fingerprint density at radius 3 is 1.86 bits per heavy atom. The molecule has 0 saturated carbocycles. The van der Waals surface area contributed by atoms with Gasteiger partial charge in [0.1, 0.15) is 0 Å². The summed E-state index contributed by atoms with van der Waals surface area (Å²) in [5.41, 5.74) is 2.18. The highest BCUT2D eigenvalue weighted by atomic mass is 32.2. The Balaban J connectivity index is 1.45. The summed E-state index contributed by atoms with van der Waals surface area (Å²) >= 11 is 0. The third-order valence-electron chi connectivity index (χ3n) is 6.22. The fourth-order valence-corrected chi connectivity index (χ4v) is 4.96. The summed E-state index contributed by atoms with van der Waals surface area (Å²) in [5, 5.41) is -0.443. The molecular weight excluding hydrogens is 491 g/mol. The van der Waals surface area contributed by atoms with E-state index in [-0.39, 0.29) is 22.6 Å². The highest BCUT2D eigenvalue weighted by Crippen LogP contribution is 2.33. The third-order valence-corrected chi connectivity index (χ3v) is 8.39. The van der Waals surface area contributed by atoms with Crippen LogP contribution in [0.2, 0.25) is 0 Å². The number of alkyl halides is 3. The van der Waals surface area contributed by atoms with E-state index in [9.17, 15) is 31.2 Å². The predicted molar refractivity (Wildman–Crippen MR) is 131 cm³/mol. The molecule has 0 spiro atoms. The number of amides is 2. The highest BCUT2D eigenvalue weighted by Gasteiger charge is 2.37. The lowest BCUT2D eigenvalue weighted by molar-refractivity contribution is -0.137. The molecule has 3 aromatic rings. The molecule has 36 heavy (non-hydrogen) atoms. The molecular formula is C27H24F3NO4S. The number of hydrogen-bond donors (Lipinski definition) is 0. The van der Waals surface area contributed by atoms with E-state index >= 15 is 0 Å². The monoisotopic (exact) mass is 515 g/mol. The fraction of sp³-hybridized carbons (Fsp3) is 0.259. The standard InChI is InChI=1S/C27H24F3NO4S/c1-17(2)36(34,35)16-20-7-4-18(5-8-20)3-6-19-9-14-23-24(15-19)26(33)31(25(23)32)22-12-10-21(11-13-22)27(28,29)30/h4-5,7-15,17H,3,6,16H2,1-2H3. The molecule has 0 unspecified atom stereocenters. The molecule has 0 aromatic heterocycles. The van der Waals surface area contributed by atoms with Gasteiger partial charge in [0, 0.05) is 0 Å². The quantitative estimate of drug-likeness (QED) is 0.383. The average molecular weight is 516 g/mol. The van der Waals surface area contributed by atoms with Gasteiger partial charge in [0.15, 0.2) is 9.84 Å². The first-order chi connectivity index (χ1) is 16.9. The van der Waals surface area contributed by atoms with E-state index in [1.807, 2.05) is 12.1 Å². The first-order valence-electron chi connectivity index (χ1n) is 11.3. The Morgan fingerprint density at radius 2 is 1.28 bits per heavy atom. The van der Waals surface area contributed by atoms with Crippen molar-refractivity contribution < 1.29 is 31.2 Å². The maximum atomic E-state index is 12.9. The first kappa shape index (κ1) is 25.6. The normalized spacial score (nSPS) is 14.0. The van der Waals surface area contributed by atoms with Gasteiger partial charge in [-0.2, -0.15) is 13.2 Å². The maximum absolute atomic E-state index is 12.9. The van der Waals surface area contributed by atoms with Crippen LogP contribution >= 0.6 is 0 Å². The van der Waals surface area contributed by atoms with Gasteiger partial charge in [-0.05, 0) is 79.8 Å². The molecule has 1 heterocycles. The number of anilines is 1. The fourth-order valence-electron chi connectivity index (χ4n) is 3.97. The topological polar surface area (TPSA) is 71.5 Å².